The third kappa shape index (κ3) is 2.10. The van der Waals surface area contributed by atoms with Gasteiger partial charge in [-0.05, 0) is 25.5 Å². The normalized spacial score (nSPS) is 22.8. The van der Waals surface area contributed by atoms with E-state index in [0.717, 1.165) is 17.8 Å². The van der Waals surface area contributed by atoms with E-state index in [1.54, 1.807) is 6.07 Å². The molecule has 1 aliphatic rings. The molecule has 0 saturated carbocycles. The van der Waals surface area contributed by atoms with Gasteiger partial charge in [0.05, 0.1) is 30.9 Å². The van der Waals surface area contributed by atoms with Gasteiger partial charge in [-0.3, -0.25) is 0 Å². The van der Waals surface area contributed by atoms with E-state index in [4.69, 9.17) is 9.47 Å². The Labute approximate surface area is 110 Å². The van der Waals surface area contributed by atoms with Gasteiger partial charge in [-0.2, -0.15) is 0 Å². The molecular weight excluding hydrogens is 244 g/mol. The van der Waals surface area contributed by atoms with Crippen LogP contribution in [-0.2, 0) is 9.47 Å². The molecule has 2 unspecified atom stereocenters. The summed E-state index contributed by atoms with van der Waals surface area (Å²) in [6, 6.07) is 5.47. The van der Waals surface area contributed by atoms with Crippen molar-refractivity contribution in [3.8, 4) is 0 Å². The number of para-hydroxylation sites is 1. The zero-order chi connectivity index (χ0) is 13.4. The van der Waals surface area contributed by atoms with Gasteiger partial charge in [0.1, 0.15) is 11.3 Å². The molecule has 1 fully saturated rings. The van der Waals surface area contributed by atoms with Gasteiger partial charge in [-0.1, -0.05) is 6.07 Å². The quantitative estimate of drug-likeness (QED) is 0.841. The van der Waals surface area contributed by atoms with E-state index in [-0.39, 0.29) is 18.0 Å². The Morgan fingerprint density at radius 1 is 1.53 bits per heavy atom. The highest BCUT2D eigenvalue weighted by molar-refractivity contribution is 6.01. The highest BCUT2D eigenvalue weighted by Crippen LogP contribution is 2.29. The summed E-state index contributed by atoms with van der Waals surface area (Å²) in [5, 5.41) is 0. The Balaban J connectivity index is 2.03. The van der Waals surface area contributed by atoms with Crippen LogP contribution in [0.25, 0.3) is 11.0 Å². The first-order valence-electron chi connectivity index (χ1n) is 6.37. The monoisotopic (exact) mass is 260 g/mol. The standard InChI is InChI=1S/C14H16N2O3/c1-8-6-9(7-19-8)13-15-11-5-3-4-10(12(11)16-13)14(17)18-2/h3-5,8-9H,6-7H2,1-2H3,(H,15,16). The number of nitrogens with one attached hydrogen (secondary N) is 1. The minimum Gasteiger partial charge on any atom is -0.465 e. The second kappa shape index (κ2) is 4.66. The van der Waals surface area contributed by atoms with Crippen LogP contribution < -0.4 is 0 Å². The van der Waals surface area contributed by atoms with Crippen LogP contribution in [0.2, 0.25) is 0 Å². The Morgan fingerprint density at radius 3 is 3.05 bits per heavy atom. The van der Waals surface area contributed by atoms with Crippen molar-refractivity contribution in [2.24, 2.45) is 0 Å². The van der Waals surface area contributed by atoms with E-state index in [1.165, 1.54) is 7.11 Å². The number of fused-ring (bicyclic) bond motifs is 1. The second-order valence-corrected chi connectivity index (χ2v) is 4.89. The Morgan fingerprint density at radius 2 is 2.37 bits per heavy atom. The lowest BCUT2D eigenvalue weighted by atomic mass is 10.1. The van der Waals surface area contributed by atoms with Crippen molar-refractivity contribution >= 4 is 17.0 Å². The van der Waals surface area contributed by atoms with E-state index in [2.05, 4.69) is 16.9 Å². The first-order chi connectivity index (χ1) is 9.19. The zero-order valence-electron chi connectivity index (χ0n) is 11.0. The lowest BCUT2D eigenvalue weighted by Gasteiger charge is -2.01. The molecule has 1 saturated heterocycles. The number of esters is 1. The number of carbonyl (C=O) groups excluding carboxylic acids is 1. The van der Waals surface area contributed by atoms with Gasteiger partial charge in [0.15, 0.2) is 0 Å². The lowest BCUT2D eigenvalue weighted by molar-refractivity contribution is 0.0603. The number of benzene rings is 1. The fraction of sp³-hybridized carbons (Fsp3) is 0.429. The number of H-pyrrole nitrogens is 1. The molecule has 1 aromatic heterocycles. The summed E-state index contributed by atoms with van der Waals surface area (Å²) in [5.41, 5.74) is 2.02. The number of ether oxygens (including phenoxy) is 2. The molecule has 0 amide bonds. The van der Waals surface area contributed by atoms with Gasteiger partial charge in [0.25, 0.3) is 0 Å². The van der Waals surface area contributed by atoms with Crippen molar-refractivity contribution < 1.29 is 14.3 Å². The molecule has 2 heterocycles. The van der Waals surface area contributed by atoms with Crippen LogP contribution in [-0.4, -0.2) is 35.8 Å². The van der Waals surface area contributed by atoms with Crippen molar-refractivity contribution in [2.45, 2.75) is 25.4 Å². The maximum absolute atomic E-state index is 11.7. The highest BCUT2D eigenvalue weighted by Gasteiger charge is 2.26. The Bertz CT molecular complexity index is 620. The number of nitrogens with zero attached hydrogens (tertiary/aromatic N) is 1. The van der Waals surface area contributed by atoms with Crippen molar-refractivity contribution in [2.75, 3.05) is 13.7 Å². The Hall–Kier alpha value is -1.88. The first-order valence-corrected chi connectivity index (χ1v) is 6.37. The summed E-state index contributed by atoms with van der Waals surface area (Å²) in [6.07, 6.45) is 1.21. The molecule has 3 rings (SSSR count). The predicted octanol–water partition coefficient (Wildman–Crippen LogP) is 2.24. The van der Waals surface area contributed by atoms with Gasteiger partial charge in [0, 0.05) is 5.92 Å². The topological polar surface area (TPSA) is 64.2 Å². The third-order valence-corrected chi connectivity index (χ3v) is 3.52. The van der Waals surface area contributed by atoms with Crippen molar-refractivity contribution in [3.05, 3.63) is 29.6 Å². The Kier molecular flexibility index (Phi) is 2.98. The number of hydrogen-bond donors (Lipinski definition) is 1. The fourth-order valence-electron chi connectivity index (χ4n) is 2.53. The van der Waals surface area contributed by atoms with E-state index < -0.39 is 0 Å². The molecule has 1 N–H and O–H groups in total. The van der Waals surface area contributed by atoms with Gasteiger partial charge in [-0.25, -0.2) is 9.78 Å². The van der Waals surface area contributed by atoms with Gasteiger partial charge in [-0.15, -0.1) is 0 Å². The van der Waals surface area contributed by atoms with Crippen LogP contribution in [0, 0.1) is 0 Å². The third-order valence-electron chi connectivity index (χ3n) is 3.52. The molecule has 0 bridgehead atoms. The summed E-state index contributed by atoms with van der Waals surface area (Å²) in [5.74, 6) is 0.795. The molecule has 5 heteroatoms. The highest BCUT2D eigenvalue weighted by atomic mass is 16.5. The van der Waals surface area contributed by atoms with Crippen LogP contribution in [0.3, 0.4) is 0 Å². The number of imidazole rings is 1. The molecule has 0 spiro atoms. The molecule has 2 atom stereocenters. The van der Waals surface area contributed by atoms with Crippen LogP contribution >= 0.6 is 0 Å². The number of rotatable bonds is 2. The van der Waals surface area contributed by atoms with Gasteiger partial charge in [0.2, 0.25) is 0 Å². The number of methoxy groups -OCH3 is 1. The smallest absolute Gasteiger partial charge is 0.340 e. The molecule has 100 valence electrons. The fourth-order valence-corrected chi connectivity index (χ4v) is 2.53. The summed E-state index contributed by atoms with van der Waals surface area (Å²) < 4.78 is 10.3. The molecule has 0 radical (unpaired) electrons. The molecule has 1 aliphatic heterocycles. The molecule has 1 aromatic carbocycles. The minimum absolute atomic E-state index is 0.262. The van der Waals surface area contributed by atoms with E-state index >= 15 is 0 Å². The van der Waals surface area contributed by atoms with Crippen molar-refractivity contribution in [3.63, 3.8) is 0 Å². The van der Waals surface area contributed by atoms with E-state index in [9.17, 15) is 4.79 Å². The van der Waals surface area contributed by atoms with E-state index in [0.29, 0.717) is 17.7 Å². The number of aromatic amines is 1. The average molecular weight is 260 g/mol. The molecule has 5 nitrogen and oxygen atoms in total. The molecule has 0 aliphatic carbocycles. The lowest BCUT2D eigenvalue weighted by Crippen LogP contribution is -2.02. The van der Waals surface area contributed by atoms with Crippen LogP contribution in [0.4, 0.5) is 0 Å². The zero-order valence-corrected chi connectivity index (χ0v) is 11.0. The second-order valence-electron chi connectivity index (χ2n) is 4.89. The maximum Gasteiger partial charge on any atom is 0.340 e. The average Bonchev–Trinajstić information content (AvgIpc) is 3.02. The first kappa shape index (κ1) is 12.2. The SMILES string of the molecule is COC(=O)c1cccc2[nH]c(C3COC(C)C3)nc12. The van der Waals surface area contributed by atoms with Crippen molar-refractivity contribution in [1.29, 1.82) is 0 Å². The van der Waals surface area contributed by atoms with E-state index in [1.807, 2.05) is 12.1 Å². The minimum atomic E-state index is -0.361. The van der Waals surface area contributed by atoms with Gasteiger partial charge >= 0.3 is 5.97 Å². The summed E-state index contributed by atoms with van der Waals surface area (Å²) in [7, 11) is 1.38. The van der Waals surface area contributed by atoms with Gasteiger partial charge < -0.3 is 14.5 Å². The molecule has 19 heavy (non-hydrogen) atoms. The number of aromatic nitrogens is 2. The summed E-state index contributed by atoms with van der Waals surface area (Å²) in [4.78, 5) is 19.5. The van der Waals surface area contributed by atoms with Crippen LogP contribution in [0.15, 0.2) is 18.2 Å². The van der Waals surface area contributed by atoms with Crippen LogP contribution in [0.1, 0.15) is 35.4 Å². The maximum atomic E-state index is 11.7. The van der Waals surface area contributed by atoms with Crippen LogP contribution in [0.5, 0.6) is 0 Å². The number of hydrogen-bond acceptors (Lipinski definition) is 4. The van der Waals surface area contributed by atoms with Crippen molar-refractivity contribution in [1.82, 2.24) is 9.97 Å². The predicted molar refractivity (Wildman–Crippen MR) is 70.2 cm³/mol. The molecule has 2 aromatic rings. The summed E-state index contributed by atoms with van der Waals surface area (Å²) in [6.45, 7) is 2.73. The summed E-state index contributed by atoms with van der Waals surface area (Å²) >= 11 is 0. The molecular formula is C14H16N2O3. The largest absolute Gasteiger partial charge is 0.465 e. The number of carbonyl (C=O) groups is 1.